The molecule has 5 nitrogen and oxygen atoms in total. The monoisotopic (exact) mass is 477 g/mol. The molecule has 1 amide bonds. The van der Waals surface area contributed by atoms with Gasteiger partial charge in [0.15, 0.2) is 0 Å². The van der Waals surface area contributed by atoms with Crippen molar-refractivity contribution >= 4 is 23.6 Å². The first kappa shape index (κ1) is 25.5. The van der Waals surface area contributed by atoms with Crippen molar-refractivity contribution in [3.63, 3.8) is 0 Å². The van der Waals surface area contributed by atoms with Gasteiger partial charge in [0.05, 0.1) is 13.2 Å². The number of rotatable bonds is 11. The Morgan fingerprint density at radius 2 is 1.65 bits per heavy atom. The molecule has 0 aromatic heterocycles. The molecule has 2 N–H and O–H groups in total. The normalized spacial score (nSPS) is 11.7. The molecule has 0 spiro atoms. The summed E-state index contributed by atoms with van der Waals surface area (Å²) in [7, 11) is 0. The zero-order valence-corrected chi connectivity index (χ0v) is 20.7. The van der Waals surface area contributed by atoms with Gasteiger partial charge in [0.25, 0.3) is 5.91 Å². The van der Waals surface area contributed by atoms with E-state index in [0.29, 0.717) is 31.0 Å². The lowest BCUT2D eigenvalue weighted by Gasteiger charge is -2.18. The molecule has 3 aromatic carbocycles. The summed E-state index contributed by atoms with van der Waals surface area (Å²) >= 11 is 1.55. The van der Waals surface area contributed by atoms with Crippen LogP contribution >= 0.6 is 11.8 Å². The first-order chi connectivity index (χ1) is 16.4. The predicted octanol–water partition coefficient (Wildman–Crippen LogP) is 5.62. The van der Waals surface area contributed by atoms with E-state index in [1.54, 1.807) is 17.8 Å². The maximum atomic E-state index is 13.2. The van der Waals surface area contributed by atoms with E-state index in [0.717, 1.165) is 27.8 Å². The molecule has 178 valence electrons. The van der Waals surface area contributed by atoms with Crippen LogP contribution in [0.4, 0.5) is 0 Å². The number of ether oxygens (including phenoxy) is 1. The van der Waals surface area contributed by atoms with Gasteiger partial charge in [-0.2, -0.15) is 11.8 Å². The Hall–Kier alpha value is -3.09. The third-order valence-electron chi connectivity index (χ3n) is 5.77. The van der Waals surface area contributed by atoms with Crippen molar-refractivity contribution in [2.24, 2.45) is 0 Å². The fourth-order valence-electron chi connectivity index (χ4n) is 3.76. The van der Waals surface area contributed by atoms with Crippen LogP contribution < -0.4 is 5.32 Å². The topological polar surface area (TPSA) is 75.6 Å². The summed E-state index contributed by atoms with van der Waals surface area (Å²) in [5.41, 5.74) is 6.46. The van der Waals surface area contributed by atoms with Gasteiger partial charge in [0, 0.05) is 5.56 Å². The number of hydrogen-bond donors (Lipinski definition) is 2. The molecular formula is C28H31NO4S. The zero-order valence-electron chi connectivity index (χ0n) is 19.8. The molecular weight excluding hydrogens is 446 g/mol. The van der Waals surface area contributed by atoms with Gasteiger partial charge in [-0.05, 0) is 77.8 Å². The Morgan fingerprint density at radius 3 is 2.32 bits per heavy atom. The number of nitrogens with one attached hydrogen (secondary N) is 1. The molecule has 0 fully saturated rings. The highest BCUT2D eigenvalue weighted by Gasteiger charge is 2.22. The lowest BCUT2D eigenvalue weighted by molar-refractivity contribution is -0.139. The summed E-state index contributed by atoms with van der Waals surface area (Å²) in [6.45, 7) is 4.97. The number of hydrogen-bond acceptors (Lipinski definition) is 4. The third kappa shape index (κ3) is 6.72. The molecule has 0 saturated carbocycles. The number of carboxylic acids is 1. The molecule has 3 rings (SSSR count). The van der Waals surface area contributed by atoms with Gasteiger partial charge in [0.1, 0.15) is 6.04 Å². The molecule has 0 heterocycles. The maximum absolute atomic E-state index is 13.2. The summed E-state index contributed by atoms with van der Waals surface area (Å²) in [5, 5.41) is 12.2. The van der Waals surface area contributed by atoms with E-state index in [1.807, 2.05) is 61.7 Å². The number of aliphatic carboxylic acids is 1. The smallest absolute Gasteiger partial charge is 0.326 e. The van der Waals surface area contributed by atoms with E-state index >= 15 is 0 Å². The van der Waals surface area contributed by atoms with E-state index in [1.165, 1.54) is 5.56 Å². The molecule has 1 atom stereocenters. The Balaban J connectivity index is 1.86. The molecule has 6 heteroatoms. The quantitative estimate of drug-likeness (QED) is 0.375. The van der Waals surface area contributed by atoms with Crippen molar-refractivity contribution < 1.29 is 19.4 Å². The van der Waals surface area contributed by atoms with Crippen LogP contribution in [-0.4, -0.2) is 35.0 Å². The van der Waals surface area contributed by atoms with Gasteiger partial charge in [-0.1, -0.05) is 54.6 Å². The summed E-state index contributed by atoms with van der Waals surface area (Å²) in [6.07, 6.45) is 2.28. The first-order valence-corrected chi connectivity index (χ1v) is 12.6. The first-order valence-electron chi connectivity index (χ1n) is 11.2. The largest absolute Gasteiger partial charge is 0.480 e. The van der Waals surface area contributed by atoms with Crippen LogP contribution in [0.25, 0.3) is 11.1 Å². The SMILES string of the molecule is CSCC[C@H](NC(=O)c1ccc(COCc2ccccc2C)cc1-c1ccccc1C)C(=O)O. The second-order valence-electron chi connectivity index (χ2n) is 8.26. The highest BCUT2D eigenvalue weighted by atomic mass is 32.2. The summed E-state index contributed by atoms with van der Waals surface area (Å²) < 4.78 is 5.97. The standard InChI is InChI=1S/C28H31NO4S/c1-19-8-4-6-10-22(19)18-33-17-21-12-13-24(25(16-21)23-11-7-5-9-20(23)2)27(30)29-26(28(31)32)14-15-34-3/h4-13,16,26H,14-15,17-18H2,1-3H3,(H,29,30)(H,31,32)/t26-/m0/s1. The molecule has 0 aliphatic rings. The van der Waals surface area contributed by atoms with Crippen LogP contribution in [0.15, 0.2) is 66.7 Å². The van der Waals surface area contributed by atoms with Crippen LogP contribution in [0.2, 0.25) is 0 Å². The fourth-order valence-corrected chi connectivity index (χ4v) is 4.23. The van der Waals surface area contributed by atoms with Gasteiger partial charge in [-0.3, -0.25) is 4.79 Å². The van der Waals surface area contributed by atoms with E-state index in [2.05, 4.69) is 24.4 Å². The van der Waals surface area contributed by atoms with E-state index in [9.17, 15) is 14.7 Å². The fraction of sp³-hybridized carbons (Fsp3) is 0.286. The average molecular weight is 478 g/mol. The number of carbonyl (C=O) groups excluding carboxylic acids is 1. The predicted molar refractivity (Wildman–Crippen MR) is 138 cm³/mol. The van der Waals surface area contributed by atoms with Crippen molar-refractivity contribution in [3.05, 3.63) is 94.5 Å². The lowest BCUT2D eigenvalue weighted by Crippen LogP contribution is -2.41. The van der Waals surface area contributed by atoms with Crippen LogP contribution in [0.1, 0.15) is 39.0 Å². The van der Waals surface area contributed by atoms with Crippen molar-refractivity contribution in [3.8, 4) is 11.1 Å². The Kier molecular flexibility index (Phi) is 9.31. The van der Waals surface area contributed by atoms with E-state index in [4.69, 9.17) is 4.74 Å². The molecule has 34 heavy (non-hydrogen) atoms. The number of amides is 1. The Morgan fingerprint density at radius 1 is 0.941 bits per heavy atom. The van der Waals surface area contributed by atoms with Gasteiger partial charge in [-0.15, -0.1) is 0 Å². The van der Waals surface area contributed by atoms with Crippen LogP contribution in [-0.2, 0) is 22.7 Å². The molecule has 3 aromatic rings. The summed E-state index contributed by atoms with van der Waals surface area (Å²) in [5.74, 6) is -0.765. The van der Waals surface area contributed by atoms with Gasteiger partial charge >= 0.3 is 5.97 Å². The second kappa shape index (κ2) is 12.4. The Labute approximate surface area is 205 Å². The maximum Gasteiger partial charge on any atom is 0.326 e. The van der Waals surface area contributed by atoms with Gasteiger partial charge in [-0.25, -0.2) is 4.79 Å². The van der Waals surface area contributed by atoms with Crippen LogP contribution in [0.5, 0.6) is 0 Å². The highest BCUT2D eigenvalue weighted by molar-refractivity contribution is 7.98. The molecule has 0 aliphatic heterocycles. The molecule has 0 saturated heterocycles. The zero-order chi connectivity index (χ0) is 24.5. The van der Waals surface area contributed by atoms with Crippen molar-refractivity contribution in [1.29, 1.82) is 0 Å². The van der Waals surface area contributed by atoms with Crippen molar-refractivity contribution in [2.45, 2.75) is 39.5 Å². The van der Waals surface area contributed by atoms with Gasteiger partial charge < -0.3 is 15.2 Å². The minimum absolute atomic E-state index is 0.368. The summed E-state index contributed by atoms with van der Waals surface area (Å²) in [4.78, 5) is 24.8. The minimum atomic E-state index is -1.03. The molecule has 0 bridgehead atoms. The van der Waals surface area contributed by atoms with Gasteiger partial charge in [0.2, 0.25) is 0 Å². The number of carbonyl (C=O) groups is 2. The molecule has 0 unspecified atom stereocenters. The number of benzene rings is 3. The lowest BCUT2D eigenvalue weighted by atomic mass is 9.93. The van der Waals surface area contributed by atoms with Crippen LogP contribution in [0, 0.1) is 13.8 Å². The van der Waals surface area contributed by atoms with Crippen LogP contribution in [0.3, 0.4) is 0 Å². The second-order valence-corrected chi connectivity index (χ2v) is 9.25. The van der Waals surface area contributed by atoms with E-state index in [-0.39, 0.29) is 5.91 Å². The number of thioether (sulfide) groups is 1. The third-order valence-corrected chi connectivity index (χ3v) is 6.41. The molecule has 0 aliphatic carbocycles. The number of aryl methyl sites for hydroxylation is 2. The molecule has 0 radical (unpaired) electrons. The van der Waals surface area contributed by atoms with E-state index < -0.39 is 12.0 Å². The Bertz CT molecular complexity index is 1140. The minimum Gasteiger partial charge on any atom is -0.480 e. The van der Waals surface area contributed by atoms with Crippen molar-refractivity contribution in [1.82, 2.24) is 5.32 Å². The summed E-state index contributed by atoms with van der Waals surface area (Å²) in [6, 6.07) is 20.6. The average Bonchev–Trinajstić information content (AvgIpc) is 2.83. The number of carboxylic acid groups (broad SMARTS) is 1. The van der Waals surface area contributed by atoms with Crippen molar-refractivity contribution in [2.75, 3.05) is 12.0 Å². The highest BCUT2D eigenvalue weighted by Crippen LogP contribution is 2.29.